The quantitative estimate of drug-likeness (QED) is 0.207. The second-order valence-corrected chi connectivity index (χ2v) is 8.14. The number of carbonyl (C=O) groups excluding carboxylic acids is 1. The summed E-state index contributed by atoms with van der Waals surface area (Å²) in [5.41, 5.74) is 5.78. The van der Waals surface area contributed by atoms with Gasteiger partial charge in [0.15, 0.2) is 0 Å². The molecule has 0 aliphatic carbocycles. The van der Waals surface area contributed by atoms with E-state index in [9.17, 15) is 4.79 Å². The van der Waals surface area contributed by atoms with Gasteiger partial charge in [-0.2, -0.15) is 11.8 Å². The summed E-state index contributed by atoms with van der Waals surface area (Å²) in [6.07, 6.45) is 21.4. The summed E-state index contributed by atoms with van der Waals surface area (Å²) in [6, 6.07) is -0.445. The Morgan fingerprint density at radius 1 is 0.885 bits per heavy atom. The van der Waals surface area contributed by atoms with Gasteiger partial charge in [-0.1, -0.05) is 90.4 Å². The molecule has 26 heavy (non-hydrogen) atoms. The Labute approximate surface area is 191 Å². The molecule has 1 atom stereocenters. The van der Waals surface area contributed by atoms with Crippen molar-refractivity contribution in [1.82, 2.24) is 0 Å². The Balaban J connectivity index is -0.00000288. The third-order valence-electron chi connectivity index (χ3n) is 4.68. The Morgan fingerprint density at radius 3 is 1.73 bits per heavy atom. The van der Waals surface area contributed by atoms with Crippen molar-refractivity contribution in [3.8, 4) is 0 Å². The van der Waals surface area contributed by atoms with Crippen molar-refractivity contribution in [2.75, 3.05) is 18.6 Å². The molecule has 2 N–H and O–H groups in total. The van der Waals surface area contributed by atoms with E-state index < -0.39 is 6.04 Å². The molecule has 0 saturated carbocycles. The fraction of sp³-hybridized carbons (Fsp3) is 0.952. The van der Waals surface area contributed by atoms with Gasteiger partial charge in [-0.25, -0.2) is 0 Å². The smallest absolute Gasteiger partial charge is 1.00 e. The predicted octanol–water partition coefficient (Wildman–Crippen LogP) is 3.21. The van der Waals surface area contributed by atoms with Gasteiger partial charge in [0.1, 0.15) is 6.04 Å². The van der Waals surface area contributed by atoms with Crippen molar-refractivity contribution < 1.29 is 40.5 Å². The van der Waals surface area contributed by atoms with Crippen LogP contribution in [0.2, 0.25) is 0 Å². The number of rotatable bonds is 19. The van der Waals surface area contributed by atoms with Gasteiger partial charge in [0.2, 0.25) is 0 Å². The summed E-state index contributed by atoms with van der Waals surface area (Å²) < 4.78 is 5.23. The SMILES string of the molecule is CCCCCCCCCCCCCCCCOC(=O)[C@@H](N)CCSC.[H-].[Na+]. The molecule has 0 aromatic rings. The largest absolute Gasteiger partial charge is 1.00 e. The van der Waals surface area contributed by atoms with Gasteiger partial charge >= 0.3 is 35.5 Å². The van der Waals surface area contributed by atoms with Crippen LogP contribution in [0, 0.1) is 0 Å². The van der Waals surface area contributed by atoms with Crippen molar-refractivity contribution in [3.05, 3.63) is 0 Å². The molecule has 0 rings (SSSR count). The molecule has 0 aromatic carbocycles. The number of ether oxygens (including phenoxy) is 1. The molecule has 152 valence electrons. The number of hydrogen-bond acceptors (Lipinski definition) is 4. The van der Waals surface area contributed by atoms with E-state index in [2.05, 4.69) is 6.92 Å². The molecule has 0 unspecified atom stereocenters. The van der Waals surface area contributed by atoms with Gasteiger partial charge in [0, 0.05) is 0 Å². The monoisotopic (exact) mass is 397 g/mol. The maximum atomic E-state index is 11.6. The predicted molar refractivity (Wildman–Crippen MR) is 113 cm³/mol. The van der Waals surface area contributed by atoms with E-state index in [0.29, 0.717) is 13.0 Å². The Morgan fingerprint density at radius 2 is 1.31 bits per heavy atom. The van der Waals surface area contributed by atoms with Gasteiger partial charge in [0.25, 0.3) is 0 Å². The van der Waals surface area contributed by atoms with E-state index in [-0.39, 0.29) is 37.0 Å². The van der Waals surface area contributed by atoms with Crippen LogP contribution < -0.4 is 35.3 Å². The first kappa shape index (κ1) is 29.0. The molecule has 0 aromatic heterocycles. The molecule has 3 nitrogen and oxygen atoms in total. The van der Waals surface area contributed by atoms with E-state index in [4.69, 9.17) is 10.5 Å². The zero-order valence-corrected chi connectivity index (χ0v) is 20.7. The zero-order chi connectivity index (χ0) is 18.6. The first-order chi connectivity index (χ1) is 12.2. The topological polar surface area (TPSA) is 52.3 Å². The third-order valence-corrected chi connectivity index (χ3v) is 5.32. The summed E-state index contributed by atoms with van der Waals surface area (Å²) >= 11 is 1.71. The van der Waals surface area contributed by atoms with Crippen LogP contribution in [0.15, 0.2) is 0 Å². The van der Waals surface area contributed by atoms with Gasteiger partial charge in [-0.05, 0) is 24.9 Å². The minimum Gasteiger partial charge on any atom is -1.00 e. The number of hydrogen-bond donors (Lipinski definition) is 1. The average Bonchev–Trinajstić information content (AvgIpc) is 2.62. The molecule has 0 aliphatic rings. The summed E-state index contributed by atoms with van der Waals surface area (Å²) in [5, 5.41) is 0. The van der Waals surface area contributed by atoms with Crippen LogP contribution in [0.5, 0.6) is 0 Å². The van der Waals surface area contributed by atoms with Crippen LogP contribution in [-0.4, -0.2) is 30.6 Å². The standard InChI is InChI=1S/C21H43NO2S.Na.H/c1-3-4-5-6-7-8-9-10-11-12-13-14-15-16-18-24-21(23)20(22)17-19-25-2;;/h20H,3-19,22H2,1-2H3;;/q;+1;-1/t20-;;/m0../s1. The molecular weight excluding hydrogens is 353 g/mol. The van der Waals surface area contributed by atoms with Crippen molar-refractivity contribution in [2.45, 2.75) is 109 Å². The fourth-order valence-electron chi connectivity index (χ4n) is 2.94. The van der Waals surface area contributed by atoms with E-state index in [1.54, 1.807) is 11.8 Å². The van der Waals surface area contributed by atoms with Gasteiger partial charge in [-0.3, -0.25) is 4.79 Å². The molecule has 0 bridgehead atoms. The molecule has 0 amide bonds. The number of esters is 1. The number of carbonyl (C=O) groups is 1. The minimum absolute atomic E-state index is 0. The van der Waals surface area contributed by atoms with E-state index in [1.807, 2.05) is 6.26 Å². The Hall–Kier alpha value is 0.780. The second kappa shape index (κ2) is 23.8. The number of unbranched alkanes of at least 4 members (excludes halogenated alkanes) is 13. The molecule has 0 radical (unpaired) electrons. The maximum Gasteiger partial charge on any atom is 1.00 e. The summed E-state index contributed by atoms with van der Waals surface area (Å²) in [7, 11) is 0. The summed E-state index contributed by atoms with van der Waals surface area (Å²) in [5.74, 6) is 0.679. The normalized spacial score (nSPS) is 11.8. The van der Waals surface area contributed by atoms with Crippen molar-refractivity contribution in [2.24, 2.45) is 5.73 Å². The minimum atomic E-state index is -0.445. The average molecular weight is 398 g/mol. The van der Waals surface area contributed by atoms with Crippen LogP contribution in [-0.2, 0) is 9.53 Å². The molecule has 0 spiro atoms. The molecular formula is C21H44NNaO2S. The molecule has 0 saturated heterocycles. The molecule has 5 heteroatoms. The van der Waals surface area contributed by atoms with Gasteiger partial charge < -0.3 is 11.9 Å². The third kappa shape index (κ3) is 21.1. The van der Waals surface area contributed by atoms with Gasteiger partial charge in [0.05, 0.1) is 6.61 Å². The van der Waals surface area contributed by atoms with Crippen molar-refractivity contribution in [1.29, 1.82) is 0 Å². The zero-order valence-electron chi connectivity index (χ0n) is 18.9. The van der Waals surface area contributed by atoms with Crippen LogP contribution in [0.3, 0.4) is 0 Å². The molecule has 0 aliphatic heterocycles. The first-order valence-electron chi connectivity index (χ1n) is 10.6. The fourth-order valence-corrected chi connectivity index (χ4v) is 3.43. The van der Waals surface area contributed by atoms with E-state index in [0.717, 1.165) is 18.6 Å². The number of thioether (sulfide) groups is 1. The van der Waals surface area contributed by atoms with E-state index >= 15 is 0 Å². The first-order valence-corrected chi connectivity index (χ1v) is 12.0. The van der Waals surface area contributed by atoms with Crippen molar-refractivity contribution in [3.63, 3.8) is 0 Å². The maximum absolute atomic E-state index is 11.6. The van der Waals surface area contributed by atoms with Crippen LogP contribution in [0.4, 0.5) is 0 Å². The Bertz CT molecular complexity index is 299. The second-order valence-electron chi connectivity index (χ2n) is 7.15. The Kier molecular flexibility index (Phi) is 26.6. The van der Waals surface area contributed by atoms with Gasteiger partial charge in [-0.15, -0.1) is 0 Å². The van der Waals surface area contributed by atoms with Crippen molar-refractivity contribution >= 4 is 17.7 Å². The molecule has 0 heterocycles. The van der Waals surface area contributed by atoms with Crippen LogP contribution in [0.1, 0.15) is 105 Å². The summed E-state index contributed by atoms with van der Waals surface area (Å²) in [4.78, 5) is 11.6. The molecule has 0 fully saturated rings. The summed E-state index contributed by atoms with van der Waals surface area (Å²) in [6.45, 7) is 2.81. The van der Waals surface area contributed by atoms with Crippen LogP contribution >= 0.6 is 11.8 Å². The van der Waals surface area contributed by atoms with Crippen LogP contribution in [0.25, 0.3) is 0 Å². The number of nitrogens with two attached hydrogens (primary N) is 1. The van der Waals surface area contributed by atoms with E-state index in [1.165, 1.54) is 77.0 Å².